The van der Waals surface area contributed by atoms with Crippen LogP contribution in [0.5, 0.6) is 5.75 Å². The van der Waals surface area contributed by atoms with Crippen LogP contribution >= 0.6 is 0 Å². The molecular weight excluding hydrogens is 168 g/mol. The molecule has 1 heterocycles. The zero-order valence-corrected chi connectivity index (χ0v) is 7.49. The third-order valence-corrected chi connectivity index (χ3v) is 2.13. The molecule has 2 rings (SSSR count). The molecule has 70 valence electrons. The number of hydrogen-bond donors (Lipinski definition) is 1. The summed E-state index contributed by atoms with van der Waals surface area (Å²) in [4.78, 5) is 0. The predicted octanol–water partition coefficient (Wildman–Crippen LogP) is 1.75. The van der Waals surface area contributed by atoms with Crippen molar-refractivity contribution in [2.24, 2.45) is 0 Å². The molecule has 1 aromatic rings. The van der Waals surface area contributed by atoms with Crippen LogP contribution in [0, 0.1) is 6.92 Å². The summed E-state index contributed by atoms with van der Waals surface area (Å²) in [6.45, 7) is 3.22. The van der Waals surface area contributed by atoms with Gasteiger partial charge >= 0.3 is 0 Å². The summed E-state index contributed by atoms with van der Waals surface area (Å²) in [6, 6.07) is 5.19. The molecule has 0 radical (unpaired) electrons. The molecule has 1 aromatic carbocycles. The van der Waals surface area contributed by atoms with Crippen molar-refractivity contribution < 1.29 is 14.6 Å². The summed E-state index contributed by atoms with van der Waals surface area (Å²) in [7, 11) is 0. The van der Waals surface area contributed by atoms with Gasteiger partial charge in [-0.05, 0) is 24.6 Å². The topological polar surface area (TPSA) is 38.7 Å². The SMILES string of the molecule is Cc1cc(O)ccc1C1OCCO1. The first kappa shape index (κ1) is 8.53. The van der Waals surface area contributed by atoms with Crippen LogP contribution in [0.3, 0.4) is 0 Å². The third kappa shape index (κ3) is 1.66. The number of aryl methyl sites for hydroxylation is 1. The zero-order chi connectivity index (χ0) is 9.26. The highest BCUT2D eigenvalue weighted by Gasteiger charge is 2.19. The quantitative estimate of drug-likeness (QED) is 0.715. The zero-order valence-electron chi connectivity index (χ0n) is 7.49. The maximum atomic E-state index is 9.20. The van der Waals surface area contributed by atoms with Crippen molar-refractivity contribution >= 4 is 0 Å². The Labute approximate surface area is 76.9 Å². The molecule has 3 heteroatoms. The van der Waals surface area contributed by atoms with E-state index in [0.717, 1.165) is 11.1 Å². The van der Waals surface area contributed by atoms with E-state index in [9.17, 15) is 5.11 Å². The summed E-state index contributed by atoms with van der Waals surface area (Å²) in [5, 5.41) is 9.20. The minimum Gasteiger partial charge on any atom is -0.508 e. The van der Waals surface area contributed by atoms with Gasteiger partial charge in [-0.1, -0.05) is 6.07 Å². The van der Waals surface area contributed by atoms with Gasteiger partial charge in [0.15, 0.2) is 6.29 Å². The van der Waals surface area contributed by atoms with Crippen LogP contribution in [-0.2, 0) is 9.47 Å². The normalized spacial score (nSPS) is 17.9. The lowest BCUT2D eigenvalue weighted by molar-refractivity contribution is -0.0445. The second-order valence-corrected chi connectivity index (χ2v) is 3.11. The molecule has 0 amide bonds. The molecule has 0 aliphatic carbocycles. The molecule has 0 bridgehead atoms. The van der Waals surface area contributed by atoms with Crippen molar-refractivity contribution in [1.29, 1.82) is 0 Å². The second kappa shape index (κ2) is 3.36. The van der Waals surface area contributed by atoms with E-state index in [4.69, 9.17) is 9.47 Å². The molecule has 0 aromatic heterocycles. The maximum absolute atomic E-state index is 9.20. The van der Waals surface area contributed by atoms with Gasteiger partial charge in [-0.2, -0.15) is 0 Å². The number of aromatic hydroxyl groups is 1. The largest absolute Gasteiger partial charge is 0.508 e. The fourth-order valence-corrected chi connectivity index (χ4v) is 1.46. The molecule has 3 nitrogen and oxygen atoms in total. The van der Waals surface area contributed by atoms with Crippen LogP contribution < -0.4 is 0 Å². The van der Waals surface area contributed by atoms with Crippen LogP contribution in [0.25, 0.3) is 0 Å². The highest BCUT2D eigenvalue weighted by molar-refractivity contribution is 5.34. The number of rotatable bonds is 1. The van der Waals surface area contributed by atoms with E-state index in [1.54, 1.807) is 12.1 Å². The van der Waals surface area contributed by atoms with Gasteiger partial charge in [0.2, 0.25) is 0 Å². The fraction of sp³-hybridized carbons (Fsp3) is 0.400. The Bertz CT molecular complexity index is 303. The van der Waals surface area contributed by atoms with E-state index in [2.05, 4.69) is 0 Å². The molecule has 1 N–H and O–H groups in total. The number of phenolic OH excluding ortho intramolecular Hbond substituents is 1. The Morgan fingerprint density at radius 1 is 1.31 bits per heavy atom. The highest BCUT2D eigenvalue weighted by Crippen LogP contribution is 2.27. The number of phenols is 1. The van der Waals surface area contributed by atoms with Crippen molar-refractivity contribution in [3.05, 3.63) is 29.3 Å². The van der Waals surface area contributed by atoms with Crippen LogP contribution in [0.2, 0.25) is 0 Å². The van der Waals surface area contributed by atoms with Gasteiger partial charge in [0.1, 0.15) is 5.75 Å². The van der Waals surface area contributed by atoms with Crippen LogP contribution in [0.4, 0.5) is 0 Å². The van der Waals surface area contributed by atoms with Crippen LogP contribution in [-0.4, -0.2) is 18.3 Å². The summed E-state index contributed by atoms with van der Waals surface area (Å²) >= 11 is 0. The maximum Gasteiger partial charge on any atom is 0.184 e. The Hall–Kier alpha value is -1.06. The molecule has 0 unspecified atom stereocenters. The second-order valence-electron chi connectivity index (χ2n) is 3.11. The molecule has 13 heavy (non-hydrogen) atoms. The third-order valence-electron chi connectivity index (χ3n) is 2.13. The van der Waals surface area contributed by atoms with Gasteiger partial charge in [-0.25, -0.2) is 0 Å². The molecular formula is C10H12O3. The van der Waals surface area contributed by atoms with Crippen LogP contribution in [0.15, 0.2) is 18.2 Å². The van der Waals surface area contributed by atoms with Crippen molar-refractivity contribution in [2.45, 2.75) is 13.2 Å². The van der Waals surface area contributed by atoms with E-state index in [1.807, 2.05) is 13.0 Å². The Morgan fingerprint density at radius 3 is 2.62 bits per heavy atom. The minimum absolute atomic E-state index is 0.249. The Morgan fingerprint density at radius 2 is 2.00 bits per heavy atom. The van der Waals surface area contributed by atoms with Gasteiger partial charge < -0.3 is 14.6 Å². The minimum atomic E-state index is -0.249. The lowest BCUT2D eigenvalue weighted by atomic mass is 10.1. The van der Waals surface area contributed by atoms with Crippen LogP contribution in [0.1, 0.15) is 17.4 Å². The van der Waals surface area contributed by atoms with Gasteiger partial charge in [-0.3, -0.25) is 0 Å². The number of benzene rings is 1. The van der Waals surface area contributed by atoms with E-state index in [-0.39, 0.29) is 12.0 Å². The van der Waals surface area contributed by atoms with Crippen molar-refractivity contribution in [3.63, 3.8) is 0 Å². The van der Waals surface area contributed by atoms with Gasteiger partial charge in [0.25, 0.3) is 0 Å². The van der Waals surface area contributed by atoms with Crippen molar-refractivity contribution in [2.75, 3.05) is 13.2 Å². The van der Waals surface area contributed by atoms with E-state index >= 15 is 0 Å². The molecule has 1 aliphatic rings. The average molecular weight is 180 g/mol. The highest BCUT2D eigenvalue weighted by atomic mass is 16.7. The molecule has 1 aliphatic heterocycles. The Balaban J connectivity index is 2.29. The number of hydrogen-bond acceptors (Lipinski definition) is 3. The molecule has 1 saturated heterocycles. The predicted molar refractivity (Wildman–Crippen MR) is 47.5 cm³/mol. The first-order chi connectivity index (χ1) is 6.27. The Kier molecular flexibility index (Phi) is 2.20. The molecule has 0 saturated carbocycles. The molecule has 0 atom stereocenters. The van der Waals surface area contributed by atoms with Crippen molar-refractivity contribution in [3.8, 4) is 5.75 Å². The monoisotopic (exact) mass is 180 g/mol. The summed E-state index contributed by atoms with van der Waals surface area (Å²) in [5.41, 5.74) is 1.99. The van der Waals surface area contributed by atoms with Crippen molar-refractivity contribution in [1.82, 2.24) is 0 Å². The molecule has 1 fully saturated rings. The van der Waals surface area contributed by atoms with Gasteiger partial charge in [0, 0.05) is 5.56 Å². The molecule has 0 spiro atoms. The first-order valence-corrected chi connectivity index (χ1v) is 4.30. The number of ether oxygens (including phenoxy) is 2. The van der Waals surface area contributed by atoms with Gasteiger partial charge in [-0.15, -0.1) is 0 Å². The smallest absolute Gasteiger partial charge is 0.184 e. The fourth-order valence-electron chi connectivity index (χ4n) is 1.46. The van der Waals surface area contributed by atoms with E-state index < -0.39 is 0 Å². The average Bonchev–Trinajstić information content (AvgIpc) is 2.56. The van der Waals surface area contributed by atoms with E-state index in [0.29, 0.717) is 13.2 Å². The lowest BCUT2D eigenvalue weighted by Gasteiger charge is -2.12. The summed E-state index contributed by atoms with van der Waals surface area (Å²) < 4.78 is 10.7. The summed E-state index contributed by atoms with van der Waals surface area (Å²) in [5.74, 6) is 0.277. The summed E-state index contributed by atoms with van der Waals surface area (Å²) in [6.07, 6.45) is -0.249. The lowest BCUT2D eigenvalue weighted by Crippen LogP contribution is -2.00. The van der Waals surface area contributed by atoms with Gasteiger partial charge in [0.05, 0.1) is 13.2 Å². The first-order valence-electron chi connectivity index (χ1n) is 4.30. The standard InChI is InChI=1S/C10H12O3/c1-7-6-8(11)2-3-9(7)10-12-4-5-13-10/h2-3,6,10-11H,4-5H2,1H3. The van der Waals surface area contributed by atoms with E-state index in [1.165, 1.54) is 0 Å².